The van der Waals surface area contributed by atoms with Crippen LogP contribution in [0.3, 0.4) is 0 Å². The molecule has 6 aromatic carbocycles. The van der Waals surface area contributed by atoms with E-state index in [4.69, 9.17) is 8.83 Å². The molecule has 0 spiro atoms. The lowest BCUT2D eigenvalue weighted by Crippen LogP contribution is -2.21. The minimum Gasteiger partial charge on any atom is -0.460 e. The van der Waals surface area contributed by atoms with Gasteiger partial charge in [0.15, 0.2) is 0 Å². The Balaban J connectivity index is 1.00. The molecule has 0 bridgehead atoms. The number of hydrogen-bond donors (Lipinski definition) is 1. The lowest BCUT2D eigenvalue weighted by Gasteiger charge is -2.26. The number of nitrogens with one attached hydrogen (secondary N) is 1. The normalized spacial score (nSPS) is 16.0. The van der Waals surface area contributed by atoms with Gasteiger partial charge in [0.05, 0.1) is 6.04 Å². The Morgan fingerprint density at radius 3 is 1.71 bits per heavy atom. The molecule has 0 amide bonds. The minimum absolute atomic E-state index is 0.0682. The largest absolute Gasteiger partial charge is 0.460 e. The summed E-state index contributed by atoms with van der Waals surface area (Å²) in [5.41, 5.74) is 17.1. The highest BCUT2D eigenvalue weighted by Gasteiger charge is 2.23. The van der Waals surface area contributed by atoms with E-state index in [-0.39, 0.29) is 6.04 Å². The van der Waals surface area contributed by atoms with E-state index in [1.54, 1.807) is 0 Å². The number of hydrogen-bond acceptors (Lipinski definition) is 3. The monoisotopic (exact) mass is 721 g/mol. The average molecular weight is 722 g/mol. The van der Waals surface area contributed by atoms with E-state index < -0.39 is 0 Å². The molecule has 1 aliphatic heterocycles. The van der Waals surface area contributed by atoms with Gasteiger partial charge in [-0.1, -0.05) is 152 Å². The van der Waals surface area contributed by atoms with Crippen LogP contribution in [0.5, 0.6) is 0 Å². The molecule has 2 aliphatic carbocycles. The van der Waals surface area contributed by atoms with Gasteiger partial charge < -0.3 is 14.2 Å². The SMILES string of the molecule is C1=Cc2c(oc3c(-c4cccc(C5=CC(c6ccc(-c7ccccc7)cc6)=CC(c6cccc(-c7cccc8c9c(oc78)CCC=C9)c6)N5)c4)cccc23)CC1. The van der Waals surface area contributed by atoms with Crippen LogP contribution in [0.2, 0.25) is 0 Å². The topological polar surface area (TPSA) is 38.3 Å². The predicted octanol–water partition coefficient (Wildman–Crippen LogP) is 13.9. The summed E-state index contributed by atoms with van der Waals surface area (Å²) in [6.07, 6.45) is 17.5. The van der Waals surface area contributed by atoms with E-state index in [1.807, 2.05) is 0 Å². The summed E-state index contributed by atoms with van der Waals surface area (Å²) in [4.78, 5) is 0. The first kappa shape index (κ1) is 32.6. The number of para-hydroxylation sites is 2. The van der Waals surface area contributed by atoms with Crippen molar-refractivity contribution < 1.29 is 8.83 Å². The zero-order chi connectivity index (χ0) is 37.0. The second-order valence-electron chi connectivity index (χ2n) is 15.1. The van der Waals surface area contributed by atoms with Crippen molar-refractivity contribution in [1.29, 1.82) is 0 Å². The predicted molar refractivity (Wildman–Crippen MR) is 232 cm³/mol. The van der Waals surface area contributed by atoms with Crippen LogP contribution in [0, 0.1) is 0 Å². The minimum atomic E-state index is -0.0682. The number of dihydropyridines is 1. The van der Waals surface area contributed by atoms with Gasteiger partial charge in [-0.2, -0.15) is 0 Å². The first-order valence-electron chi connectivity index (χ1n) is 19.7. The van der Waals surface area contributed by atoms with Gasteiger partial charge in [-0.3, -0.25) is 0 Å². The molecule has 11 rings (SSSR count). The fraction of sp³-hybridized carbons (Fsp3) is 0.0943. The summed E-state index contributed by atoms with van der Waals surface area (Å²) >= 11 is 0. The summed E-state index contributed by atoms with van der Waals surface area (Å²) < 4.78 is 13.1. The van der Waals surface area contributed by atoms with Gasteiger partial charge in [0, 0.05) is 51.6 Å². The molecule has 0 saturated heterocycles. The van der Waals surface area contributed by atoms with Gasteiger partial charge >= 0.3 is 0 Å². The van der Waals surface area contributed by atoms with E-state index >= 15 is 0 Å². The van der Waals surface area contributed by atoms with Crippen LogP contribution in [-0.2, 0) is 12.8 Å². The van der Waals surface area contributed by atoms with E-state index in [0.29, 0.717) is 0 Å². The van der Waals surface area contributed by atoms with E-state index in [1.165, 1.54) is 49.7 Å². The van der Waals surface area contributed by atoms with Crippen LogP contribution in [0.15, 0.2) is 173 Å². The Morgan fingerprint density at radius 2 is 1.04 bits per heavy atom. The molecule has 2 aromatic heterocycles. The van der Waals surface area contributed by atoms with Crippen molar-refractivity contribution in [3.05, 3.63) is 203 Å². The van der Waals surface area contributed by atoms with Crippen molar-refractivity contribution >= 4 is 45.4 Å². The number of rotatable bonds is 6. The van der Waals surface area contributed by atoms with Gasteiger partial charge in [0.1, 0.15) is 22.7 Å². The summed E-state index contributed by atoms with van der Waals surface area (Å²) in [5, 5.41) is 6.32. The van der Waals surface area contributed by atoms with Crippen LogP contribution < -0.4 is 5.32 Å². The molecule has 3 aliphatic rings. The van der Waals surface area contributed by atoms with Crippen LogP contribution in [0.25, 0.3) is 78.7 Å². The fourth-order valence-corrected chi connectivity index (χ4v) is 8.80. The van der Waals surface area contributed by atoms with Crippen LogP contribution in [0.1, 0.15) is 58.2 Å². The Hall–Kier alpha value is -6.84. The molecule has 1 N–H and O–H groups in total. The van der Waals surface area contributed by atoms with E-state index in [2.05, 4.69) is 181 Å². The number of benzene rings is 6. The van der Waals surface area contributed by atoms with Gasteiger partial charge in [-0.15, -0.1) is 0 Å². The summed E-state index contributed by atoms with van der Waals surface area (Å²) in [6, 6.07) is 50.3. The Bertz CT molecular complexity index is 2930. The smallest absolute Gasteiger partial charge is 0.142 e. The molecular formula is C53H39NO2. The van der Waals surface area contributed by atoms with Gasteiger partial charge in [-0.05, 0) is 81.6 Å². The molecule has 3 heterocycles. The molecule has 3 heteroatoms. The Morgan fingerprint density at radius 1 is 0.482 bits per heavy atom. The molecule has 8 aromatic rings. The summed E-state index contributed by atoms with van der Waals surface area (Å²) in [6.45, 7) is 0. The van der Waals surface area contributed by atoms with Crippen LogP contribution in [0.4, 0.5) is 0 Å². The van der Waals surface area contributed by atoms with Crippen molar-refractivity contribution in [2.75, 3.05) is 0 Å². The number of aryl methyl sites for hydroxylation is 2. The number of furan rings is 2. The van der Waals surface area contributed by atoms with Gasteiger partial charge in [0.25, 0.3) is 0 Å². The maximum Gasteiger partial charge on any atom is 0.142 e. The fourth-order valence-electron chi connectivity index (χ4n) is 8.80. The third kappa shape index (κ3) is 5.67. The molecule has 268 valence electrons. The van der Waals surface area contributed by atoms with Gasteiger partial charge in [-0.25, -0.2) is 0 Å². The van der Waals surface area contributed by atoms with Crippen molar-refractivity contribution in [2.24, 2.45) is 0 Å². The first-order chi connectivity index (χ1) is 27.7. The maximum absolute atomic E-state index is 6.55. The van der Waals surface area contributed by atoms with Crippen LogP contribution >= 0.6 is 0 Å². The Kier molecular flexibility index (Phi) is 7.84. The molecule has 1 atom stereocenters. The maximum atomic E-state index is 6.55. The zero-order valence-corrected chi connectivity index (χ0v) is 31.0. The molecule has 0 radical (unpaired) electrons. The average Bonchev–Trinajstić information content (AvgIpc) is 3.86. The third-order valence-electron chi connectivity index (χ3n) is 11.6. The molecule has 3 nitrogen and oxygen atoms in total. The van der Waals surface area contributed by atoms with Crippen molar-refractivity contribution in [3.8, 4) is 33.4 Å². The van der Waals surface area contributed by atoms with Crippen molar-refractivity contribution in [1.82, 2.24) is 5.32 Å². The highest BCUT2D eigenvalue weighted by Crippen LogP contribution is 2.41. The van der Waals surface area contributed by atoms with Crippen LogP contribution in [-0.4, -0.2) is 0 Å². The lowest BCUT2D eigenvalue weighted by molar-refractivity contribution is 0.546. The molecule has 0 saturated carbocycles. The quantitative estimate of drug-likeness (QED) is 0.186. The third-order valence-corrected chi connectivity index (χ3v) is 11.6. The lowest BCUT2D eigenvalue weighted by atomic mass is 9.90. The van der Waals surface area contributed by atoms with Gasteiger partial charge in [0.2, 0.25) is 0 Å². The number of fused-ring (bicyclic) bond motifs is 6. The molecule has 56 heavy (non-hydrogen) atoms. The van der Waals surface area contributed by atoms with E-state index in [9.17, 15) is 0 Å². The second kappa shape index (κ2) is 13.5. The highest BCUT2D eigenvalue weighted by molar-refractivity contribution is 6.00. The first-order valence-corrected chi connectivity index (χ1v) is 19.7. The number of allylic oxidation sites excluding steroid dienone is 4. The molecule has 1 unspecified atom stereocenters. The summed E-state index contributed by atoms with van der Waals surface area (Å²) in [5.74, 6) is 2.17. The Labute approximate surface area is 326 Å². The van der Waals surface area contributed by atoms with Crippen molar-refractivity contribution in [3.63, 3.8) is 0 Å². The standard InChI is InChI=1S/C53H39NO2/c1-2-12-34(13-3-1)35-26-28-36(29-27-35)41-32-48(39-16-8-14-37(30-39)42-20-10-22-46-44-18-4-6-24-50(44)55-52(42)46)54-49(33-41)40-17-9-15-38(31-40)43-21-11-23-47-45-19-5-7-25-51(45)56-53(43)47/h1-5,8-23,26-33,48,54H,6-7,24-25H2. The summed E-state index contributed by atoms with van der Waals surface area (Å²) in [7, 11) is 0. The molecule has 0 fully saturated rings. The second-order valence-corrected chi connectivity index (χ2v) is 15.1. The highest BCUT2D eigenvalue weighted by atomic mass is 16.3. The zero-order valence-electron chi connectivity index (χ0n) is 31.0. The van der Waals surface area contributed by atoms with E-state index in [0.717, 1.165) is 81.9 Å². The van der Waals surface area contributed by atoms with Crippen molar-refractivity contribution in [2.45, 2.75) is 31.7 Å². The molecular weight excluding hydrogens is 683 g/mol.